The van der Waals surface area contributed by atoms with Crippen molar-refractivity contribution >= 4 is 5.91 Å². The third kappa shape index (κ3) is 4.83. The number of alkyl halides is 3. The molecule has 6 heteroatoms. The minimum atomic E-state index is -4.25. The first kappa shape index (κ1) is 13.3. The van der Waals surface area contributed by atoms with E-state index in [1.165, 1.54) is 0 Å². The molecule has 3 nitrogen and oxygen atoms in total. The predicted molar refractivity (Wildman–Crippen MR) is 53.9 cm³/mol. The van der Waals surface area contributed by atoms with Gasteiger partial charge in [0.2, 0.25) is 5.91 Å². The zero-order valence-electron chi connectivity index (χ0n) is 9.31. The first-order chi connectivity index (χ1) is 7.38. The lowest BCUT2D eigenvalue weighted by Gasteiger charge is -2.31. The number of halogens is 3. The Hall–Kier alpha value is -0.780. The lowest BCUT2D eigenvalue weighted by Crippen LogP contribution is -2.44. The molecule has 1 N–H and O–H groups in total. The first-order valence-corrected chi connectivity index (χ1v) is 5.44. The maximum absolute atomic E-state index is 11.8. The van der Waals surface area contributed by atoms with Crippen molar-refractivity contribution < 1.29 is 18.0 Å². The van der Waals surface area contributed by atoms with Gasteiger partial charge in [-0.2, -0.15) is 13.2 Å². The van der Waals surface area contributed by atoms with Gasteiger partial charge < -0.3 is 10.2 Å². The number of nitrogens with one attached hydrogen (secondary N) is 1. The fraction of sp³-hybridized carbons (Fsp3) is 0.900. The summed E-state index contributed by atoms with van der Waals surface area (Å²) in [4.78, 5) is 13.2. The Morgan fingerprint density at radius 3 is 2.75 bits per heavy atom. The highest BCUT2D eigenvalue weighted by Gasteiger charge is 2.27. The lowest BCUT2D eigenvalue weighted by atomic mass is 10.0. The molecule has 0 bridgehead atoms. The van der Waals surface area contributed by atoms with Crippen molar-refractivity contribution in [3.8, 4) is 0 Å². The van der Waals surface area contributed by atoms with Crippen LogP contribution < -0.4 is 5.32 Å². The Labute approximate surface area is 93.0 Å². The molecule has 0 saturated carbocycles. The van der Waals surface area contributed by atoms with Crippen LogP contribution in [0.5, 0.6) is 0 Å². The molecular weight excluding hydrogens is 221 g/mol. The van der Waals surface area contributed by atoms with E-state index >= 15 is 0 Å². The molecule has 0 aliphatic carbocycles. The van der Waals surface area contributed by atoms with E-state index in [1.807, 2.05) is 6.92 Å². The molecule has 1 amide bonds. The summed E-state index contributed by atoms with van der Waals surface area (Å²) in [5, 5.41) is 2.12. The minimum Gasteiger partial charge on any atom is -0.341 e. The van der Waals surface area contributed by atoms with Gasteiger partial charge in [-0.05, 0) is 18.8 Å². The SMILES string of the molecule is CC1CCCN(C(=O)CNCC(F)(F)F)C1. The third-order valence-electron chi connectivity index (χ3n) is 2.61. The Bertz CT molecular complexity index is 243. The van der Waals surface area contributed by atoms with E-state index in [1.54, 1.807) is 4.90 Å². The zero-order valence-corrected chi connectivity index (χ0v) is 9.31. The molecule has 94 valence electrons. The summed E-state index contributed by atoms with van der Waals surface area (Å²) in [7, 11) is 0. The number of rotatable bonds is 3. The number of hydrogen-bond acceptors (Lipinski definition) is 2. The van der Waals surface area contributed by atoms with E-state index < -0.39 is 12.7 Å². The van der Waals surface area contributed by atoms with Crippen LogP contribution in [0, 0.1) is 5.92 Å². The van der Waals surface area contributed by atoms with Crippen LogP contribution in [0.3, 0.4) is 0 Å². The van der Waals surface area contributed by atoms with Crippen molar-refractivity contribution in [2.24, 2.45) is 5.92 Å². The quantitative estimate of drug-likeness (QED) is 0.806. The van der Waals surface area contributed by atoms with Crippen LogP contribution in [0.25, 0.3) is 0 Å². The first-order valence-electron chi connectivity index (χ1n) is 5.44. The summed E-state index contributed by atoms with van der Waals surface area (Å²) < 4.78 is 35.5. The normalized spacial score (nSPS) is 22.2. The van der Waals surface area contributed by atoms with Gasteiger partial charge in [0, 0.05) is 13.1 Å². The summed E-state index contributed by atoms with van der Waals surface area (Å²) in [5.74, 6) is 0.205. The number of nitrogens with zero attached hydrogens (tertiary/aromatic N) is 1. The molecule has 0 radical (unpaired) electrons. The molecule has 1 aliphatic heterocycles. The van der Waals surface area contributed by atoms with Crippen molar-refractivity contribution in [3.63, 3.8) is 0 Å². The standard InChI is InChI=1S/C10H17F3N2O/c1-8-3-2-4-15(6-8)9(16)5-14-7-10(11,12)13/h8,14H,2-7H2,1H3. The van der Waals surface area contributed by atoms with Crippen LogP contribution in [-0.4, -0.2) is 43.2 Å². The summed E-state index contributed by atoms with van der Waals surface area (Å²) >= 11 is 0. The fourth-order valence-electron chi connectivity index (χ4n) is 1.84. The van der Waals surface area contributed by atoms with Gasteiger partial charge in [0.1, 0.15) is 0 Å². The van der Waals surface area contributed by atoms with Crippen LogP contribution in [0.1, 0.15) is 19.8 Å². The Kier molecular flexibility index (Phi) is 4.58. The molecule has 1 saturated heterocycles. The predicted octanol–water partition coefficient (Wildman–Crippen LogP) is 1.40. The summed E-state index contributed by atoms with van der Waals surface area (Å²) in [6.45, 7) is 2.03. The van der Waals surface area contributed by atoms with Gasteiger partial charge >= 0.3 is 6.18 Å². The van der Waals surface area contributed by atoms with E-state index in [0.29, 0.717) is 19.0 Å². The molecule has 1 rings (SSSR count). The average molecular weight is 238 g/mol. The van der Waals surface area contributed by atoms with Gasteiger partial charge in [-0.1, -0.05) is 6.92 Å². The Balaban J connectivity index is 2.24. The van der Waals surface area contributed by atoms with Crippen molar-refractivity contribution in [2.45, 2.75) is 25.9 Å². The van der Waals surface area contributed by atoms with Crippen molar-refractivity contribution in [1.29, 1.82) is 0 Å². The highest BCUT2D eigenvalue weighted by Crippen LogP contribution is 2.15. The van der Waals surface area contributed by atoms with E-state index in [0.717, 1.165) is 12.8 Å². The van der Waals surface area contributed by atoms with Gasteiger partial charge in [0.25, 0.3) is 0 Å². The van der Waals surface area contributed by atoms with Gasteiger partial charge in [-0.15, -0.1) is 0 Å². The van der Waals surface area contributed by atoms with E-state index in [4.69, 9.17) is 0 Å². The van der Waals surface area contributed by atoms with E-state index in [2.05, 4.69) is 5.32 Å². The van der Waals surface area contributed by atoms with Crippen LogP contribution in [0.15, 0.2) is 0 Å². The molecule has 1 fully saturated rings. The second kappa shape index (κ2) is 5.52. The molecular formula is C10H17F3N2O. The molecule has 0 aromatic carbocycles. The van der Waals surface area contributed by atoms with Gasteiger partial charge in [-0.3, -0.25) is 4.79 Å². The summed E-state index contributed by atoms with van der Waals surface area (Å²) in [6.07, 6.45) is -2.23. The number of carbonyl (C=O) groups is 1. The molecule has 1 heterocycles. The van der Waals surface area contributed by atoms with Crippen molar-refractivity contribution in [1.82, 2.24) is 10.2 Å². The number of amides is 1. The summed E-state index contributed by atoms with van der Waals surface area (Å²) in [6, 6.07) is 0. The smallest absolute Gasteiger partial charge is 0.341 e. The molecule has 0 aromatic heterocycles. The maximum atomic E-state index is 11.8. The highest BCUT2D eigenvalue weighted by molar-refractivity contribution is 5.78. The third-order valence-corrected chi connectivity index (χ3v) is 2.61. The van der Waals surface area contributed by atoms with Crippen molar-refractivity contribution in [2.75, 3.05) is 26.2 Å². The second-order valence-corrected chi connectivity index (χ2v) is 4.31. The minimum absolute atomic E-state index is 0.230. The maximum Gasteiger partial charge on any atom is 0.401 e. The van der Waals surface area contributed by atoms with Crippen LogP contribution in [0.2, 0.25) is 0 Å². The second-order valence-electron chi connectivity index (χ2n) is 4.31. The van der Waals surface area contributed by atoms with Crippen LogP contribution in [0.4, 0.5) is 13.2 Å². The summed E-state index contributed by atoms with van der Waals surface area (Å²) in [5.41, 5.74) is 0. The number of piperidine rings is 1. The monoisotopic (exact) mass is 238 g/mol. The van der Waals surface area contributed by atoms with Gasteiger partial charge in [0.15, 0.2) is 0 Å². The van der Waals surface area contributed by atoms with E-state index in [-0.39, 0.29) is 12.5 Å². The highest BCUT2D eigenvalue weighted by atomic mass is 19.4. The molecule has 1 unspecified atom stereocenters. The average Bonchev–Trinajstić information content (AvgIpc) is 2.15. The fourth-order valence-corrected chi connectivity index (χ4v) is 1.84. The Morgan fingerprint density at radius 1 is 1.50 bits per heavy atom. The number of carbonyl (C=O) groups excluding carboxylic acids is 1. The van der Waals surface area contributed by atoms with Crippen LogP contribution in [-0.2, 0) is 4.79 Å². The molecule has 0 spiro atoms. The topological polar surface area (TPSA) is 32.3 Å². The number of hydrogen-bond donors (Lipinski definition) is 1. The molecule has 1 aliphatic rings. The Morgan fingerprint density at radius 2 is 2.19 bits per heavy atom. The zero-order chi connectivity index (χ0) is 12.2. The molecule has 0 aromatic rings. The van der Waals surface area contributed by atoms with Gasteiger partial charge in [-0.25, -0.2) is 0 Å². The largest absolute Gasteiger partial charge is 0.401 e. The molecule has 16 heavy (non-hydrogen) atoms. The van der Waals surface area contributed by atoms with Gasteiger partial charge in [0.05, 0.1) is 13.1 Å². The lowest BCUT2D eigenvalue weighted by molar-refractivity contribution is -0.135. The van der Waals surface area contributed by atoms with Crippen LogP contribution >= 0.6 is 0 Å². The van der Waals surface area contributed by atoms with E-state index in [9.17, 15) is 18.0 Å². The number of likely N-dealkylation sites (tertiary alicyclic amines) is 1. The molecule has 1 atom stereocenters. The van der Waals surface area contributed by atoms with Crippen molar-refractivity contribution in [3.05, 3.63) is 0 Å².